The number of aryl methyl sites for hydroxylation is 1. The molecule has 0 atom stereocenters. The first-order chi connectivity index (χ1) is 12.3. The number of benzene rings is 2. The predicted octanol–water partition coefficient (Wildman–Crippen LogP) is 4.55. The van der Waals surface area contributed by atoms with E-state index in [1.165, 1.54) is 0 Å². The van der Waals surface area contributed by atoms with E-state index in [4.69, 9.17) is 16.3 Å². The lowest BCUT2D eigenvalue weighted by Gasteiger charge is -2.10. The summed E-state index contributed by atoms with van der Waals surface area (Å²) in [5.41, 5.74) is 2.74. The van der Waals surface area contributed by atoms with Crippen LogP contribution in [0, 0.1) is 0 Å². The minimum absolute atomic E-state index is 0.626. The third-order valence-electron chi connectivity index (χ3n) is 3.96. The second-order valence-electron chi connectivity index (χ2n) is 5.75. The van der Waals surface area contributed by atoms with E-state index in [1.807, 2.05) is 59.6 Å². The van der Waals surface area contributed by atoms with Gasteiger partial charge in [0.2, 0.25) is 0 Å². The van der Waals surface area contributed by atoms with Gasteiger partial charge in [0.25, 0.3) is 0 Å². The maximum atomic E-state index is 6.05. The van der Waals surface area contributed by atoms with Crippen molar-refractivity contribution in [1.29, 1.82) is 0 Å². The van der Waals surface area contributed by atoms with Crippen molar-refractivity contribution in [3.63, 3.8) is 0 Å². The summed E-state index contributed by atoms with van der Waals surface area (Å²) in [7, 11) is 0. The van der Waals surface area contributed by atoms with E-state index >= 15 is 0 Å². The predicted molar refractivity (Wildman–Crippen MR) is 98.9 cm³/mol. The molecule has 25 heavy (non-hydrogen) atoms. The van der Waals surface area contributed by atoms with Gasteiger partial charge >= 0.3 is 0 Å². The van der Waals surface area contributed by atoms with E-state index in [0.29, 0.717) is 11.6 Å². The molecule has 4 aromatic rings. The summed E-state index contributed by atoms with van der Waals surface area (Å²) in [4.78, 5) is 12.0. The Bertz CT molecular complexity index is 978. The Kier molecular flexibility index (Phi) is 4.39. The van der Waals surface area contributed by atoms with Crippen LogP contribution in [0.5, 0.6) is 5.75 Å². The Balaban J connectivity index is 1.51. The highest BCUT2D eigenvalue weighted by atomic mass is 35.5. The normalized spacial score (nSPS) is 11.1. The molecule has 0 aliphatic rings. The van der Waals surface area contributed by atoms with Gasteiger partial charge in [-0.15, -0.1) is 0 Å². The molecule has 2 aromatic carbocycles. The highest BCUT2D eigenvalue weighted by Crippen LogP contribution is 2.30. The standard InChI is InChI=1S/C19H17ClN4O/c20-14-6-7-16-17(12-14)23-19(22-16)15-4-1-2-5-18(15)25-11-3-9-24-10-8-21-13-24/h1-2,4-8,10,12-13H,3,9,11H2,(H,22,23). The number of imidazole rings is 2. The maximum absolute atomic E-state index is 6.05. The molecule has 4 rings (SSSR count). The Morgan fingerprint density at radius 1 is 1.16 bits per heavy atom. The molecule has 2 aromatic heterocycles. The van der Waals surface area contributed by atoms with Crippen LogP contribution in [0.1, 0.15) is 6.42 Å². The van der Waals surface area contributed by atoms with Gasteiger partial charge in [0.1, 0.15) is 11.6 Å². The first-order valence-electron chi connectivity index (χ1n) is 8.13. The van der Waals surface area contributed by atoms with Gasteiger partial charge in [-0.1, -0.05) is 23.7 Å². The largest absolute Gasteiger partial charge is 0.493 e. The number of ether oxygens (including phenoxy) is 1. The number of halogens is 1. The maximum Gasteiger partial charge on any atom is 0.142 e. The van der Waals surface area contributed by atoms with Crippen LogP contribution >= 0.6 is 11.6 Å². The van der Waals surface area contributed by atoms with Crippen LogP contribution in [0.2, 0.25) is 5.02 Å². The zero-order valence-corrected chi connectivity index (χ0v) is 14.3. The van der Waals surface area contributed by atoms with Crippen molar-refractivity contribution in [1.82, 2.24) is 19.5 Å². The molecule has 0 saturated carbocycles. The number of hydrogen-bond donors (Lipinski definition) is 1. The van der Waals surface area contributed by atoms with Gasteiger partial charge in [0.05, 0.1) is 29.5 Å². The fourth-order valence-corrected chi connectivity index (χ4v) is 2.92. The Morgan fingerprint density at radius 3 is 2.96 bits per heavy atom. The average Bonchev–Trinajstić information content (AvgIpc) is 3.28. The number of H-pyrrole nitrogens is 1. The van der Waals surface area contributed by atoms with Crippen LogP contribution in [0.25, 0.3) is 22.4 Å². The van der Waals surface area contributed by atoms with Crippen molar-refractivity contribution in [2.24, 2.45) is 0 Å². The third-order valence-corrected chi connectivity index (χ3v) is 4.20. The molecule has 0 unspecified atom stereocenters. The molecule has 5 nitrogen and oxygen atoms in total. The first-order valence-corrected chi connectivity index (χ1v) is 8.50. The van der Waals surface area contributed by atoms with Gasteiger partial charge in [-0.05, 0) is 36.8 Å². The molecule has 0 saturated heterocycles. The second-order valence-corrected chi connectivity index (χ2v) is 6.18. The van der Waals surface area contributed by atoms with Gasteiger partial charge in [-0.25, -0.2) is 9.97 Å². The number of para-hydroxylation sites is 1. The molecular formula is C19H17ClN4O. The molecule has 0 aliphatic heterocycles. The summed E-state index contributed by atoms with van der Waals surface area (Å²) in [5.74, 6) is 1.60. The molecule has 2 heterocycles. The highest BCUT2D eigenvalue weighted by molar-refractivity contribution is 6.31. The Morgan fingerprint density at radius 2 is 2.08 bits per heavy atom. The lowest BCUT2D eigenvalue weighted by molar-refractivity contribution is 0.303. The van der Waals surface area contributed by atoms with Crippen molar-refractivity contribution in [2.75, 3.05) is 6.61 Å². The van der Waals surface area contributed by atoms with Crippen molar-refractivity contribution in [2.45, 2.75) is 13.0 Å². The monoisotopic (exact) mass is 352 g/mol. The van der Waals surface area contributed by atoms with Crippen molar-refractivity contribution in [3.05, 3.63) is 66.2 Å². The average molecular weight is 353 g/mol. The molecular weight excluding hydrogens is 336 g/mol. The van der Waals surface area contributed by atoms with E-state index in [9.17, 15) is 0 Å². The molecule has 0 radical (unpaired) electrons. The molecule has 0 aliphatic carbocycles. The van der Waals surface area contributed by atoms with Crippen molar-refractivity contribution in [3.8, 4) is 17.1 Å². The van der Waals surface area contributed by atoms with Crippen LogP contribution in [-0.4, -0.2) is 26.1 Å². The number of nitrogens with zero attached hydrogens (tertiary/aromatic N) is 3. The van der Waals surface area contributed by atoms with Gasteiger partial charge in [0.15, 0.2) is 0 Å². The number of nitrogens with one attached hydrogen (secondary N) is 1. The van der Waals surface area contributed by atoms with Crippen LogP contribution in [-0.2, 0) is 6.54 Å². The van der Waals surface area contributed by atoms with Gasteiger partial charge in [-0.2, -0.15) is 0 Å². The van der Waals surface area contributed by atoms with Crippen molar-refractivity contribution < 1.29 is 4.74 Å². The number of hydrogen-bond acceptors (Lipinski definition) is 3. The zero-order chi connectivity index (χ0) is 17.1. The summed E-state index contributed by atoms with van der Waals surface area (Å²) in [6, 6.07) is 13.5. The summed E-state index contributed by atoms with van der Waals surface area (Å²) in [5, 5.41) is 0.687. The summed E-state index contributed by atoms with van der Waals surface area (Å²) in [6.45, 7) is 1.51. The highest BCUT2D eigenvalue weighted by Gasteiger charge is 2.11. The quantitative estimate of drug-likeness (QED) is 0.518. The number of rotatable bonds is 6. The summed E-state index contributed by atoms with van der Waals surface area (Å²) in [6.07, 6.45) is 6.45. The second kappa shape index (κ2) is 6.99. The van der Waals surface area contributed by atoms with Gasteiger partial charge in [0, 0.05) is 24.0 Å². The van der Waals surface area contributed by atoms with E-state index in [1.54, 1.807) is 6.20 Å². The van der Waals surface area contributed by atoms with Crippen LogP contribution in [0.4, 0.5) is 0 Å². The minimum Gasteiger partial charge on any atom is -0.493 e. The van der Waals surface area contributed by atoms with Crippen LogP contribution < -0.4 is 4.74 Å². The molecule has 6 heteroatoms. The Hall–Kier alpha value is -2.79. The van der Waals surface area contributed by atoms with Gasteiger partial charge in [-0.3, -0.25) is 0 Å². The summed E-state index contributed by atoms with van der Waals surface area (Å²) < 4.78 is 8.03. The van der Waals surface area contributed by atoms with Crippen molar-refractivity contribution >= 4 is 22.6 Å². The van der Waals surface area contributed by atoms with E-state index in [0.717, 1.165) is 41.1 Å². The molecule has 0 fully saturated rings. The van der Waals surface area contributed by atoms with E-state index < -0.39 is 0 Å². The van der Waals surface area contributed by atoms with E-state index in [-0.39, 0.29) is 0 Å². The van der Waals surface area contributed by atoms with E-state index in [2.05, 4.69) is 15.0 Å². The fourth-order valence-electron chi connectivity index (χ4n) is 2.75. The Labute approximate surface area is 150 Å². The zero-order valence-electron chi connectivity index (χ0n) is 13.5. The van der Waals surface area contributed by atoms with Crippen LogP contribution in [0.3, 0.4) is 0 Å². The molecule has 0 spiro atoms. The smallest absolute Gasteiger partial charge is 0.142 e. The minimum atomic E-state index is 0.626. The SMILES string of the molecule is Clc1ccc2nc(-c3ccccc3OCCCn3ccnc3)[nH]c2c1. The molecule has 126 valence electrons. The molecule has 0 amide bonds. The topological polar surface area (TPSA) is 55.7 Å². The van der Waals surface area contributed by atoms with Gasteiger partial charge < -0.3 is 14.3 Å². The number of fused-ring (bicyclic) bond motifs is 1. The fraction of sp³-hybridized carbons (Fsp3) is 0.158. The lowest BCUT2D eigenvalue weighted by atomic mass is 10.2. The lowest BCUT2D eigenvalue weighted by Crippen LogP contribution is -2.04. The molecule has 0 bridgehead atoms. The third kappa shape index (κ3) is 3.51. The molecule has 1 N–H and O–H groups in total. The first kappa shape index (κ1) is 15.7. The number of aromatic amines is 1. The number of aromatic nitrogens is 4. The summed E-state index contributed by atoms with van der Waals surface area (Å²) >= 11 is 6.05. The van der Waals surface area contributed by atoms with Crippen LogP contribution in [0.15, 0.2) is 61.2 Å².